The van der Waals surface area contributed by atoms with E-state index in [0.29, 0.717) is 13.0 Å². The second-order valence-corrected chi connectivity index (χ2v) is 7.98. The first-order valence-corrected chi connectivity index (χ1v) is 10.8. The van der Waals surface area contributed by atoms with Gasteiger partial charge in [0.25, 0.3) is 0 Å². The molecule has 31 heavy (non-hydrogen) atoms. The Morgan fingerprint density at radius 1 is 1.32 bits per heavy atom. The molecule has 1 fully saturated rings. The molecule has 5 rings (SSSR count). The van der Waals surface area contributed by atoms with Gasteiger partial charge in [-0.1, -0.05) is 36.6 Å². The number of nitrogens with zero attached hydrogens (tertiary/aromatic N) is 3. The summed E-state index contributed by atoms with van der Waals surface area (Å²) in [6.45, 7) is 0.690. The predicted octanol–water partition coefficient (Wildman–Crippen LogP) is 4.36. The van der Waals surface area contributed by atoms with Crippen molar-refractivity contribution in [2.45, 2.75) is 51.1 Å². The third-order valence-electron chi connectivity index (χ3n) is 5.53. The maximum absolute atomic E-state index is 11.1. The highest BCUT2D eigenvalue weighted by molar-refractivity contribution is 5.92. The fourth-order valence-corrected chi connectivity index (χ4v) is 3.99. The molecular formula is C24H28N4O3. The number of aromatic nitrogens is 2. The normalized spacial score (nSPS) is 17.0. The molecule has 1 amide bonds. The van der Waals surface area contributed by atoms with Gasteiger partial charge >= 0.3 is 6.09 Å². The van der Waals surface area contributed by atoms with E-state index >= 15 is 0 Å². The monoisotopic (exact) mass is 420 g/mol. The number of fused-ring (bicyclic) bond motifs is 3. The van der Waals surface area contributed by atoms with Gasteiger partial charge in [-0.3, -0.25) is 4.98 Å². The van der Waals surface area contributed by atoms with Crippen LogP contribution in [0.15, 0.2) is 47.8 Å². The van der Waals surface area contributed by atoms with Crippen molar-refractivity contribution in [3.05, 3.63) is 65.1 Å². The lowest BCUT2D eigenvalue weighted by Gasteiger charge is -2.24. The van der Waals surface area contributed by atoms with Gasteiger partial charge in [-0.2, -0.15) is 0 Å². The smallest absolute Gasteiger partial charge is 0.404 e. The van der Waals surface area contributed by atoms with E-state index in [2.05, 4.69) is 32.2 Å². The molecule has 2 aliphatic carbocycles. The van der Waals surface area contributed by atoms with Crippen LogP contribution in [-0.2, 0) is 24.2 Å². The Hall–Kier alpha value is -3.35. The van der Waals surface area contributed by atoms with E-state index in [9.17, 15) is 4.79 Å². The van der Waals surface area contributed by atoms with E-state index in [1.807, 2.05) is 24.3 Å². The summed E-state index contributed by atoms with van der Waals surface area (Å²) in [5, 5.41) is 16.7. The summed E-state index contributed by atoms with van der Waals surface area (Å²) in [5.41, 5.74) is 5.52. The number of carbonyl (C=O) groups is 1. The largest absolute Gasteiger partial charge is 0.465 e. The molecule has 0 spiro atoms. The average molecular weight is 421 g/mol. The Morgan fingerprint density at radius 2 is 2.16 bits per heavy atom. The molecule has 2 aliphatic rings. The zero-order valence-corrected chi connectivity index (χ0v) is 17.8. The molecule has 0 radical (unpaired) electrons. The molecule has 0 unspecified atom stereocenters. The Balaban J connectivity index is 0.000000710. The summed E-state index contributed by atoms with van der Waals surface area (Å²) in [7, 11) is 1.52. The van der Waals surface area contributed by atoms with Crippen LogP contribution in [0.25, 0.3) is 10.9 Å². The van der Waals surface area contributed by atoms with Gasteiger partial charge in [0.05, 0.1) is 18.5 Å². The van der Waals surface area contributed by atoms with Crippen molar-refractivity contribution in [3.63, 3.8) is 0 Å². The molecule has 2 heterocycles. The van der Waals surface area contributed by atoms with E-state index in [1.54, 1.807) is 12.4 Å². The number of hydrogen-bond acceptors (Lipinski definition) is 4. The molecule has 1 aromatic carbocycles. The van der Waals surface area contributed by atoms with Crippen LogP contribution in [0.3, 0.4) is 0 Å². The standard InChI is InChI=1S/C21H22N4O3.C3H6/c1-28-23-12-14-5-7-19-17(10-14)18-11-15(24-21(26)27)6-8-20(18)25(19)13-16-4-2-3-9-22-16;1-2-3-1/h2-5,7,9-10,12,15,24H,6,8,11,13H2,1H3,(H,26,27);1-3H2/t15-;/m1./s1. The Bertz CT molecular complexity index is 1070. The van der Waals surface area contributed by atoms with E-state index in [4.69, 9.17) is 9.94 Å². The molecule has 2 N–H and O–H groups in total. The molecule has 162 valence electrons. The maximum Gasteiger partial charge on any atom is 0.404 e. The molecule has 0 aliphatic heterocycles. The van der Waals surface area contributed by atoms with Crippen molar-refractivity contribution in [3.8, 4) is 0 Å². The minimum absolute atomic E-state index is 0.0739. The van der Waals surface area contributed by atoms with Gasteiger partial charge in [-0.15, -0.1) is 0 Å². The number of rotatable bonds is 5. The van der Waals surface area contributed by atoms with Crippen LogP contribution < -0.4 is 5.32 Å². The van der Waals surface area contributed by atoms with Crippen LogP contribution >= 0.6 is 0 Å². The summed E-state index contributed by atoms with van der Waals surface area (Å²) in [6.07, 6.45) is 9.30. The van der Waals surface area contributed by atoms with Gasteiger partial charge in [0.15, 0.2) is 0 Å². The zero-order valence-electron chi connectivity index (χ0n) is 17.8. The third-order valence-corrected chi connectivity index (χ3v) is 5.53. The highest BCUT2D eigenvalue weighted by atomic mass is 16.6. The molecule has 1 saturated carbocycles. The van der Waals surface area contributed by atoms with Gasteiger partial charge in [0.2, 0.25) is 0 Å². The van der Waals surface area contributed by atoms with Gasteiger partial charge in [0, 0.05) is 28.8 Å². The first kappa shape index (κ1) is 20.9. The van der Waals surface area contributed by atoms with Crippen molar-refractivity contribution in [2.75, 3.05) is 7.11 Å². The Kier molecular flexibility index (Phi) is 6.50. The van der Waals surface area contributed by atoms with Crippen LogP contribution in [0.2, 0.25) is 0 Å². The van der Waals surface area contributed by atoms with Crippen LogP contribution in [0.4, 0.5) is 4.79 Å². The average Bonchev–Trinajstić information content (AvgIpc) is 3.63. The van der Waals surface area contributed by atoms with E-state index in [0.717, 1.165) is 35.0 Å². The van der Waals surface area contributed by atoms with Crippen molar-refractivity contribution >= 4 is 23.2 Å². The number of amides is 1. The third kappa shape index (κ3) is 5.23. The molecule has 0 saturated heterocycles. The van der Waals surface area contributed by atoms with Crippen molar-refractivity contribution in [2.24, 2.45) is 5.16 Å². The fourth-order valence-electron chi connectivity index (χ4n) is 3.99. The number of oxime groups is 1. The first-order valence-electron chi connectivity index (χ1n) is 10.8. The summed E-state index contributed by atoms with van der Waals surface area (Å²) in [5.74, 6) is 0. The number of carboxylic acid groups (broad SMARTS) is 1. The molecular weight excluding hydrogens is 392 g/mol. The molecule has 0 bridgehead atoms. The second kappa shape index (κ2) is 9.64. The molecule has 3 aromatic rings. The first-order chi connectivity index (χ1) is 15.2. The SMILES string of the molecule is C1CC1.CON=Cc1ccc2c(c1)c1c(n2Cc2ccccn2)CC[C@@H](NC(=O)O)C1. The lowest BCUT2D eigenvalue weighted by atomic mass is 9.91. The van der Waals surface area contributed by atoms with E-state index < -0.39 is 6.09 Å². The molecule has 7 heteroatoms. The quantitative estimate of drug-likeness (QED) is 0.474. The van der Waals surface area contributed by atoms with Crippen LogP contribution in [0.1, 0.15) is 48.2 Å². The molecule has 1 atom stereocenters. The number of pyridine rings is 1. The Labute approximate surface area is 181 Å². The van der Waals surface area contributed by atoms with Crippen LogP contribution in [-0.4, -0.2) is 40.1 Å². The minimum atomic E-state index is -0.974. The summed E-state index contributed by atoms with van der Waals surface area (Å²) in [4.78, 5) is 20.4. The van der Waals surface area contributed by atoms with E-state index in [-0.39, 0.29) is 6.04 Å². The summed E-state index contributed by atoms with van der Waals surface area (Å²) < 4.78 is 2.31. The van der Waals surface area contributed by atoms with E-state index in [1.165, 1.54) is 37.6 Å². The number of nitrogens with one attached hydrogen (secondary N) is 1. The predicted molar refractivity (Wildman–Crippen MR) is 121 cm³/mol. The van der Waals surface area contributed by atoms with Gasteiger partial charge in [-0.05, 0) is 54.7 Å². The van der Waals surface area contributed by atoms with Gasteiger partial charge in [0.1, 0.15) is 7.11 Å². The Morgan fingerprint density at radius 3 is 2.84 bits per heavy atom. The van der Waals surface area contributed by atoms with Crippen molar-refractivity contribution in [1.29, 1.82) is 0 Å². The minimum Gasteiger partial charge on any atom is -0.465 e. The molecule has 2 aromatic heterocycles. The zero-order chi connectivity index (χ0) is 21.6. The number of hydrogen-bond donors (Lipinski definition) is 2. The highest BCUT2D eigenvalue weighted by Gasteiger charge is 2.26. The van der Waals surface area contributed by atoms with Crippen molar-refractivity contribution < 1.29 is 14.7 Å². The second-order valence-electron chi connectivity index (χ2n) is 7.98. The maximum atomic E-state index is 11.1. The van der Waals surface area contributed by atoms with Gasteiger partial charge < -0.3 is 19.8 Å². The molecule has 7 nitrogen and oxygen atoms in total. The van der Waals surface area contributed by atoms with Gasteiger partial charge in [-0.25, -0.2) is 4.79 Å². The highest BCUT2D eigenvalue weighted by Crippen LogP contribution is 2.33. The number of benzene rings is 1. The topological polar surface area (TPSA) is 88.7 Å². The van der Waals surface area contributed by atoms with Crippen LogP contribution in [0, 0.1) is 0 Å². The summed E-state index contributed by atoms with van der Waals surface area (Å²) >= 11 is 0. The summed E-state index contributed by atoms with van der Waals surface area (Å²) in [6, 6.07) is 12.0. The fraction of sp³-hybridized carbons (Fsp3) is 0.375. The lowest BCUT2D eigenvalue weighted by molar-refractivity contribution is 0.188. The van der Waals surface area contributed by atoms with Crippen molar-refractivity contribution in [1.82, 2.24) is 14.9 Å². The lowest BCUT2D eigenvalue weighted by Crippen LogP contribution is -2.38. The van der Waals surface area contributed by atoms with Crippen LogP contribution in [0.5, 0.6) is 0 Å².